The predicted molar refractivity (Wildman–Crippen MR) is 110 cm³/mol. The summed E-state index contributed by atoms with van der Waals surface area (Å²) in [7, 11) is -3.70. The first kappa shape index (κ1) is 14.5. The molecule has 0 aliphatic carbocycles. The monoisotopic (exact) mass is 392 g/mol. The van der Waals surface area contributed by atoms with E-state index in [-0.39, 0.29) is 17.6 Å². The topological polar surface area (TPSA) is 0 Å². The van der Waals surface area contributed by atoms with Gasteiger partial charge >= 0.3 is 0 Å². The van der Waals surface area contributed by atoms with Crippen molar-refractivity contribution < 1.29 is 0 Å². The Hall–Kier alpha value is 1.30. The minimum atomic E-state index is -1.02. The zero-order valence-corrected chi connectivity index (χ0v) is 22.2. The summed E-state index contributed by atoms with van der Waals surface area (Å²) in [6, 6.07) is 0. The quantitative estimate of drug-likeness (QED) is 0.522. The normalized spacial score (nSPS) is 77.2. The van der Waals surface area contributed by atoms with Gasteiger partial charge < -0.3 is 0 Å². The molecule has 6 heteroatoms. The fraction of sp³-hybridized carbons (Fsp3) is 1.00. The van der Waals surface area contributed by atoms with E-state index in [9.17, 15) is 0 Å². The van der Waals surface area contributed by atoms with Gasteiger partial charge in [-0.05, 0) is 17.1 Å². The molecule has 0 nitrogen and oxygen atoms in total. The van der Waals surface area contributed by atoms with Crippen LogP contribution in [0.2, 0.25) is 59.8 Å². The van der Waals surface area contributed by atoms with Gasteiger partial charge in [0.15, 0.2) is 0 Å². The predicted octanol–water partition coefficient (Wildman–Crippen LogP) is 4.73. The molecular formula is C16H32Si6. The molecule has 6 fully saturated rings. The van der Waals surface area contributed by atoms with Crippen LogP contribution in [-0.2, 0) is 0 Å². The maximum atomic E-state index is 3.00. The summed E-state index contributed by atoms with van der Waals surface area (Å²) < 4.78 is 4.32. The van der Waals surface area contributed by atoms with Crippen molar-refractivity contribution in [2.24, 2.45) is 0 Å². The van der Waals surface area contributed by atoms with E-state index in [1.165, 1.54) is 13.9 Å². The first-order chi connectivity index (χ1) is 9.81. The Morgan fingerprint density at radius 1 is 0.955 bits per heavy atom. The van der Waals surface area contributed by atoms with Crippen LogP contribution in [0.5, 0.6) is 0 Å². The van der Waals surface area contributed by atoms with Gasteiger partial charge in [-0.15, -0.1) is 0 Å². The van der Waals surface area contributed by atoms with E-state index >= 15 is 0 Å². The largest absolute Gasteiger partial charge is 0.0713 e. The number of rotatable bonds is 0. The standard InChI is InChI=1S/C16H32Si6/c1-11-18-12-17(6)14(4)19(7,8)15(5)21(10)13(2,3)20(11,9)16(18,21)22(12,14)15/h11-12H,1-10H3. The minimum absolute atomic E-state index is 0.0265. The molecule has 6 rings (SSSR count). The summed E-state index contributed by atoms with van der Waals surface area (Å²) in [5.74, 6) is 0. The van der Waals surface area contributed by atoms with Crippen LogP contribution in [0.3, 0.4) is 0 Å². The van der Waals surface area contributed by atoms with Crippen molar-refractivity contribution in [3.05, 3.63) is 0 Å². The maximum absolute atomic E-state index is 3.00. The van der Waals surface area contributed by atoms with E-state index in [1.807, 2.05) is 0 Å². The molecule has 2 spiro atoms. The highest BCUT2D eigenvalue weighted by atomic mass is 28.7. The molecule has 0 saturated carbocycles. The first-order valence-corrected chi connectivity index (χ1v) is 23.4. The zero-order chi connectivity index (χ0) is 16.3. The van der Waals surface area contributed by atoms with Crippen LogP contribution in [0.25, 0.3) is 0 Å². The lowest BCUT2D eigenvalue weighted by Crippen LogP contribution is -3.30. The second-order valence-corrected chi connectivity index (χ2v) is 47.2. The maximum Gasteiger partial charge on any atom is 0.0523 e. The Morgan fingerprint density at radius 3 is 2.05 bits per heavy atom. The molecule has 8 atom stereocenters. The van der Waals surface area contributed by atoms with Crippen LogP contribution in [0.4, 0.5) is 0 Å². The van der Waals surface area contributed by atoms with Crippen molar-refractivity contribution in [1.29, 1.82) is 0 Å². The number of fused-ring (bicyclic) bond motifs is 2. The third-order valence-corrected chi connectivity index (χ3v) is 86.1. The fourth-order valence-corrected chi connectivity index (χ4v) is 142. The van der Waals surface area contributed by atoms with Crippen LogP contribution >= 0.6 is 0 Å². The Bertz CT molecular complexity index is 659. The van der Waals surface area contributed by atoms with Crippen LogP contribution in [0.15, 0.2) is 0 Å². The molecule has 120 valence electrons. The van der Waals surface area contributed by atoms with Gasteiger partial charge in [-0.25, -0.2) is 0 Å². The molecule has 6 aliphatic heterocycles. The summed E-state index contributed by atoms with van der Waals surface area (Å²) in [5, 5.41) is 1.30. The lowest BCUT2D eigenvalue weighted by Gasteiger charge is -3.22. The van der Waals surface area contributed by atoms with E-state index in [0.29, 0.717) is 0 Å². The molecule has 0 aromatic carbocycles. The molecule has 6 saturated heterocycles. The highest BCUT2D eigenvalue weighted by Crippen LogP contribution is 3.18. The Labute approximate surface area is 144 Å². The average Bonchev–Trinajstić information content (AvgIpc) is 2.43. The van der Waals surface area contributed by atoms with Crippen molar-refractivity contribution in [2.45, 2.75) is 94.4 Å². The SMILES string of the molecule is CC1[Si]2C3[Si](C)C4(C)[Si](C)(C)C5(C)[Si]6(C)C(C)(C)[Si]1(C)C26[Si]345. The van der Waals surface area contributed by atoms with Gasteiger partial charge in [0, 0.05) is 25.7 Å². The van der Waals surface area contributed by atoms with Crippen molar-refractivity contribution in [2.75, 3.05) is 0 Å². The smallest absolute Gasteiger partial charge is 0.0523 e. The molecule has 6 aliphatic rings. The summed E-state index contributed by atoms with van der Waals surface area (Å²) in [6.45, 7) is 28.9. The Kier molecular flexibility index (Phi) is 1.77. The van der Waals surface area contributed by atoms with E-state index < -0.39 is 32.3 Å². The van der Waals surface area contributed by atoms with Crippen molar-refractivity contribution >= 4 is 49.9 Å². The van der Waals surface area contributed by atoms with E-state index in [2.05, 4.69) is 67.4 Å². The van der Waals surface area contributed by atoms with Gasteiger partial charge in [0.05, 0.1) is 24.2 Å². The first-order valence-electron chi connectivity index (χ1n) is 9.52. The highest BCUT2D eigenvalue weighted by molar-refractivity contribution is 7.74. The van der Waals surface area contributed by atoms with Crippen LogP contribution in [0.1, 0.15) is 34.6 Å². The van der Waals surface area contributed by atoms with Crippen molar-refractivity contribution in [3.8, 4) is 0 Å². The highest BCUT2D eigenvalue weighted by Gasteiger charge is 3.23. The summed E-state index contributed by atoms with van der Waals surface area (Å²) in [5.41, 5.74) is 0. The van der Waals surface area contributed by atoms with Gasteiger partial charge in [0.2, 0.25) is 0 Å². The molecule has 0 amide bonds. The number of hydrogen-bond donors (Lipinski definition) is 0. The lowest BCUT2D eigenvalue weighted by molar-refractivity contribution is 0.502. The third-order valence-electron chi connectivity index (χ3n) is 13.5. The molecular weight excluding hydrogens is 361 g/mol. The molecule has 0 N–H and O–H groups in total. The Balaban J connectivity index is 1.70. The van der Waals surface area contributed by atoms with Crippen LogP contribution < -0.4 is 0 Å². The lowest BCUT2D eigenvalue weighted by atomic mass is 10.5. The zero-order valence-electron chi connectivity index (χ0n) is 16.2. The second-order valence-electron chi connectivity index (χ2n) is 11.7. The van der Waals surface area contributed by atoms with Gasteiger partial charge in [-0.1, -0.05) is 77.3 Å². The van der Waals surface area contributed by atoms with Crippen LogP contribution in [-0.4, -0.2) is 49.9 Å². The molecule has 0 aromatic heterocycles. The van der Waals surface area contributed by atoms with Gasteiger partial charge in [0.1, 0.15) is 0 Å². The molecule has 6 heterocycles. The minimum Gasteiger partial charge on any atom is -0.0713 e. The summed E-state index contributed by atoms with van der Waals surface area (Å²) in [6.07, 6.45) is 0. The summed E-state index contributed by atoms with van der Waals surface area (Å²) >= 11 is 0. The molecule has 0 aromatic rings. The number of hydrogen-bond acceptors (Lipinski definition) is 0. The van der Waals surface area contributed by atoms with Gasteiger partial charge in [0.25, 0.3) is 0 Å². The van der Waals surface area contributed by atoms with E-state index in [4.69, 9.17) is 0 Å². The van der Waals surface area contributed by atoms with E-state index in [0.717, 1.165) is 13.2 Å². The third kappa shape index (κ3) is 0.542. The van der Waals surface area contributed by atoms with Crippen molar-refractivity contribution in [3.63, 3.8) is 0 Å². The molecule has 2 radical (unpaired) electrons. The molecule has 0 bridgehead atoms. The summed E-state index contributed by atoms with van der Waals surface area (Å²) in [4.78, 5) is 1.50. The Morgan fingerprint density at radius 2 is 1.50 bits per heavy atom. The van der Waals surface area contributed by atoms with Crippen molar-refractivity contribution in [1.82, 2.24) is 0 Å². The van der Waals surface area contributed by atoms with E-state index in [1.54, 1.807) is 0 Å². The fourth-order valence-electron chi connectivity index (χ4n) is 12.6. The molecule has 22 heavy (non-hydrogen) atoms. The second kappa shape index (κ2) is 2.69. The average molecular weight is 393 g/mol. The van der Waals surface area contributed by atoms with Gasteiger partial charge in [-0.3, -0.25) is 0 Å². The van der Waals surface area contributed by atoms with Gasteiger partial charge in [-0.2, -0.15) is 0 Å². The molecule has 8 unspecified atom stereocenters. The van der Waals surface area contributed by atoms with Crippen LogP contribution in [0, 0.1) is 0 Å².